The first kappa shape index (κ1) is 15.5. The Bertz CT molecular complexity index is 438. The topological polar surface area (TPSA) is 65.3 Å². The summed E-state index contributed by atoms with van der Waals surface area (Å²) in [6, 6.07) is 7.95. The lowest BCUT2D eigenvalue weighted by molar-refractivity contribution is 0.244. The molecule has 0 bridgehead atoms. The van der Waals surface area contributed by atoms with E-state index >= 15 is 0 Å². The number of nitriles is 1. The van der Waals surface area contributed by atoms with E-state index in [1.165, 1.54) is 0 Å². The maximum Gasteiger partial charge on any atom is 0.136 e. The number of ether oxygens (including phenoxy) is 1. The SMILES string of the molecule is COc1cc(CNC(CCO)C(C)C)ccc1C#N. The van der Waals surface area contributed by atoms with Crippen molar-refractivity contribution in [3.63, 3.8) is 0 Å². The molecule has 4 nitrogen and oxygen atoms in total. The van der Waals surface area contributed by atoms with Crippen molar-refractivity contribution in [2.75, 3.05) is 13.7 Å². The zero-order valence-corrected chi connectivity index (χ0v) is 11.8. The van der Waals surface area contributed by atoms with Gasteiger partial charge in [-0.2, -0.15) is 5.26 Å². The predicted octanol–water partition coefficient (Wildman–Crippen LogP) is 2.06. The highest BCUT2D eigenvalue weighted by molar-refractivity contribution is 5.45. The van der Waals surface area contributed by atoms with Crippen LogP contribution in [-0.2, 0) is 6.54 Å². The van der Waals surface area contributed by atoms with Crippen molar-refractivity contribution in [1.82, 2.24) is 5.32 Å². The number of rotatable bonds is 7. The summed E-state index contributed by atoms with van der Waals surface area (Å²) < 4.78 is 5.19. The summed E-state index contributed by atoms with van der Waals surface area (Å²) in [6.45, 7) is 5.15. The minimum Gasteiger partial charge on any atom is -0.495 e. The fourth-order valence-electron chi connectivity index (χ4n) is 2.00. The van der Waals surface area contributed by atoms with E-state index in [4.69, 9.17) is 15.1 Å². The number of hydrogen-bond acceptors (Lipinski definition) is 4. The number of aliphatic hydroxyl groups excluding tert-OH is 1. The van der Waals surface area contributed by atoms with Crippen LogP contribution in [0.3, 0.4) is 0 Å². The van der Waals surface area contributed by atoms with Gasteiger partial charge in [0.25, 0.3) is 0 Å². The van der Waals surface area contributed by atoms with Gasteiger partial charge in [-0.3, -0.25) is 0 Å². The highest BCUT2D eigenvalue weighted by Crippen LogP contribution is 2.19. The number of benzene rings is 1. The van der Waals surface area contributed by atoms with E-state index in [1.54, 1.807) is 13.2 Å². The van der Waals surface area contributed by atoms with Crippen LogP contribution >= 0.6 is 0 Å². The molecule has 0 saturated heterocycles. The number of aliphatic hydroxyl groups is 1. The Balaban J connectivity index is 2.69. The van der Waals surface area contributed by atoms with E-state index in [0.29, 0.717) is 23.8 Å². The lowest BCUT2D eigenvalue weighted by Gasteiger charge is -2.21. The van der Waals surface area contributed by atoms with E-state index in [-0.39, 0.29) is 12.6 Å². The largest absolute Gasteiger partial charge is 0.495 e. The molecule has 0 radical (unpaired) electrons. The fourth-order valence-corrected chi connectivity index (χ4v) is 2.00. The van der Waals surface area contributed by atoms with Crippen LogP contribution < -0.4 is 10.1 Å². The fraction of sp³-hybridized carbons (Fsp3) is 0.533. The van der Waals surface area contributed by atoms with Gasteiger partial charge in [0.2, 0.25) is 0 Å². The summed E-state index contributed by atoms with van der Waals surface area (Å²) in [5, 5.41) is 21.4. The molecule has 19 heavy (non-hydrogen) atoms. The van der Waals surface area contributed by atoms with Crippen molar-refractivity contribution in [1.29, 1.82) is 5.26 Å². The number of nitrogens with one attached hydrogen (secondary N) is 1. The van der Waals surface area contributed by atoms with Gasteiger partial charge in [0.05, 0.1) is 12.7 Å². The van der Waals surface area contributed by atoms with Gasteiger partial charge < -0.3 is 15.2 Å². The van der Waals surface area contributed by atoms with Gasteiger partial charge >= 0.3 is 0 Å². The van der Waals surface area contributed by atoms with Crippen molar-refractivity contribution in [2.24, 2.45) is 5.92 Å². The average Bonchev–Trinajstić information content (AvgIpc) is 2.42. The molecule has 0 spiro atoms. The maximum absolute atomic E-state index is 9.04. The van der Waals surface area contributed by atoms with E-state index in [1.807, 2.05) is 12.1 Å². The van der Waals surface area contributed by atoms with Gasteiger partial charge in [-0.25, -0.2) is 0 Å². The molecular formula is C15H22N2O2. The molecule has 1 unspecified atom stereocenters. The number of nitrogens with zero attached hydrogens (tertiary/aromatic N) is 1. The Labute approximate surface area is 115 Å². The lowest BCUT2D eigenvalue weighted by atomic mass is 10.0. The van der Waals surface area contributed by atoms with Crippen molar-refractivity contribution in [2.45, 2.75) is 32.9 Å². The molecule has 0 aliphatic carbocycles. The molecule has 0 aliphatic heterocycles. The van der Waals surface area contributed by atoms with Crippen LogP contribution in [0.1, 0.15) is 31.4 Å². The van der Waals surface area contributed by atoms with Crippen LogP contribution in [0.25, 0.3) is 0 Å². The zero-order valence-electron chi connectivity index (χ0n) is 11.8. The summed E-state index contributed by atoms with van der Waals surface area (Å²) in [4.78, 5) is 0. The second kappa shape index (κ2) is 7.78. The van der Waals surface area contributed by atoms with E-state index in [9.17, 15) is 0 Å². The summed E-state index contributed by atoms with van der Waals surface area (Å²) in [7, 11) is 1.57. The third-order valence-corrected chi connectivity index (χ3v) is 3.20. The smallest absolute Gasteiger partial charge is 0.136 e. The van der Waals surface area contributed by atoms with Gasteiger partial charge in [-0.05, 0) is 30.0 Å². The second-order valence-corrected chi connectivity index (χ2v) is 4.89. The Morgan fingerprint density at radius 2 is 2.16 bits per heavy atom. The summed E-state index contributed by atoms with van der Waals surface area (Å²) in [5.41, 5.74) is 1.61. The minimum absolute atomic E-state index is 0.187. The van der Waals surface area contributed by atoms with Crippen molar-refractivity contribution >= 4 is 0 Å². The molecule has 0 aromatic heterocycles. The molecule has 0 aliphatic rings. The molecule has 2 N–H and O–H groups in total. The van der Waals surface area contributed by atoms with Gasteiger partial charge in [0, 0.05) is 19.2 Å². The Morgan fingerprint density at radius 3 is 2.68 bits per heavy atom. The normalized spacial score (nSPS) is 12.2. The van der Waals surface area contributed by atoms with Gasteiger partial charge in [0.15, 0.2) is 0 Å². The molecule has 0 saturated carbocycles. The van der Waals surface area contributed by atoms with E-state index in [2.05, 4.69) is 25.2 Å². The summed E-state index contributed by atoms with van der Waals surface area (Å²) in [6.07, 6.45) is 0.741. The minimum atomic E-state index is 0.187. The first-order chi connectivity index (χ1) is 9.12. The zero-order chi connectivity index (χ0) is 14.3. The van der Waals surface area contributed by atoms with E-state index < -0.39 is 0 Å². The van der Waals surface area contributed by atoms with Crippen LogP contribution in [0.2, 0.25) is 0 Å². The Kier molecular flexibility index (Phi) is 6.34. The van der Waals surface area contributed by atoms with Crippen LogP contribution in [0, 0.1) is 17.2 Å². The molecule has 0 amide bonds. The lowest BCUT2D eigenvalue weighted by Crippen LogP contribution is -2.34. The first-order valence-corrected chi connectivity index (χ1v) is 6.53. The van der Waals surface area contributed by atoms with Crippen LogP contribution in [0.5, 0.6) is 5.75 Å². The highest BCUT2D eigenvalue weighted by atomic mass is 16.5. The molecule has 0 fully saturated rings. The van der Waals surface area contributed by atoms with Gasteiger partial charge in [-0.1, -0.05) is 19.9 Å². The molecule has 1 aromatic carbocycles. The molecular weight excluding hydrogens is 240 g/mol. The average molecular weight is 262 g/mol. The number of hydrogen-bond donors (Lipinski definition) is 2. The summed E-state index contributed by atoms with van der Waals surface area (Å²) >= 11 is 0. The standard InChI is InChI=1S/C15H22N2O2/c1-11(2)14(6-7-18)17-10-12-4-5-13(9-16)15(8-12)19-3/h4-5,8,11,14,17-18H,6-7,10H2,1-3H3. The Hall–Kier alpha value is -1.57. The Morgan fingerprint density at radius 1 is 1.42 bits per heavy atom. The summed E-state index contributed by atoms with van der Waals surface area (Å²) in [5.74, 6) is 1.07. The van der Waals surface area contributed by atoms with Crippen molar-refractivity contribution < 1.29 is 9.84 Å². The van der Waals surface area contributed by atoms with Crippen LogP contribution in [0.15, 0.2) is 18.2 Å². The molecule has 1 aromatic rings. The molecule has 0 heterocycles. The van der Waals surface area contributed by atoms with Crippen molar-refractivity contribution in [3.8, 4) is 11.8 Å². The second-order valence-electron chi connectivity index (χ2n) is 4.89. The number of methoxy groups -OCH3 is 1. The third-order valence-electron chi connectivity index (χ3n) is 3.20. The monoisotopic (exact) mass is 262 g/mol. The van der Waals surface area contributed by atoms with Gasteiger partial charge in [-0.15, -0.1) is 0 Å². The predicted molar refractivity (Wildman–Crippen MR) is 74.9 cm³/mol. The third kappa shape index (κ3) is 4.55. The van der Waals surface area contributed by atoms with E-state index in [0.717, 1.165) is 12.0 Å². The molecule has 1 rings (SSSR count). The quantitative estimate of drug-likeness (QED) is 0.789. The molecule has 1 atom stereocenters. The first-order valence-electron chi connectivity index (χ1n) is 6.53. The van der Waals surface area contributed by atoms with Crippen molar-refractivity contribution in [3.05, 3.63) is 29.3 Å². The van der Waals surface area contributed by atoms with Gasteiger partial charge in [0.1, 0.15) is 11.8 Å². The van der Waals surface area contributed by atoms with Crippen LogP contribution in [0.4, 0.5) is 0 Å². The molecule has 104 valence electrons. The highest BCUT2D eigenvalue weighted by Gasteiger charge is 2.12. The van der Waals surface area contributed by atoms with Crippen LogP contribution in [-0.4, -0.2) is 24.9 Å². The maximum atomic E-state index is 9.04. The molecule has 4 heteroatoms.